The summed E-state index contributed by atoms with van der Waals surface area (Å²) in [5.41, 5.74) is 6.02. The van der Waals surface area contributed by atoms with E-state index >= 15 is 0 Å². The number of hydrogen-bond donors (Lipinski definition) is 6. The minimum absolute atomic E-state index is 0.0838. The molecule has 0 spiro atoms. The average Bonchev–Trinajstić information content (AvgIpc) is 3.67. The summed E-state index contributed by atoms with van der Waals surface area (Å²) in [6.07, 6.45) is -1.23. The second-order valence-corrected chi connectivity index (χ2v) is 17.7. The van der Waals surface area contributed by atoms with Crippen LogP contribution in [0.4, 0.5) is 41.9 Å². The zero-order chi connectivity index (χ0) is 60.8. The summed E-state index contributed by atoms with van der Waals surface area (Å²) >= 11 is 0. The largest absolute Gasteiger partial charge is 0.447 e. The van der Waals surface area contributed by atoms with E-state index in [1.54, 1.807) is 50.6 Å². The first-order chi connectivity index (χ1) is 41.0. The van der Waals surface area contributed by atoms with E-state index in [-0.39, 0.29) is 38.5 Å². The highest BCUT2D eigenvalue weighted by molar-refractivity contribution is 5.93. The van der Waals surface area contributed by atoms with E-state index in [4.69, 9.17) is 75.8 Å². The van der Waals surface area contributed by atoms with Crippen molar-refractivity contribution >= 4 is 47.0 Å². The molecule has 3 rings (SSSR count). The highest BCUT2D eigenvalue weighted by atomic mass is 16.6. The van der Waals surface area contributed by atoms with Crippen molar-refractivity contribution in [1.82, 2.24) is 10.6 Å². The molecule has 0 saturated heterocycles. The Kier molecular flexibility index (Phi) is 46.6. The Balaban J connectivity index is 0.000000580. The molecule has 26 nitrogen and oxygen atoms in total. The quantitative estimate of drug-likeness (QED) is 0.0336. The molecule has 26 heteroatoms. The summed E-state index contributed by atoms with van der Waals surface area (Å²) in [6, 6.07) is 17.7. The molecule has 0 aliphatic heterocycles. The van der Waals surface area contributed by atoms with E-state index in [1.807, 2.05) is 52.0 Å². The standard InChI is InChI=1S/C32H49N3O10.C26H45N3O10/c1-26-5-4-6-28(23-26)25-33-31(36)35-30-24-29(8-7-27(30)2)34-32(37)45-22-21-44-20-19-43-18-17-42-16-15-41-14-13-40-12-11-39-10-9-38-3;1-4-27-25(30)29-24-21-23(6-5-22(24)2)28-26(31)39-20-19-38-18-17-37-16-15-36-14-13-35-12-11-34-10-9-33-8-7-32-3/h4-8,23-24H,9-22,25H2,1-3H3,(H,34,37)(H2,33,35,36);5-6,21H,4,7-20H2,1-3H3,(H,28,31)(H2,27,29,30). The van der Waals surface area contributed by atoms with Gasteiger partial charge in [-0.1, -0.05) is 42.0 Å². The maximum atomic E-state index is 12.4. The maximum absolute atomic E-state index is 12.4. The van der Waals surface area contributed by atoms with Crippen molar-refractivity contribution in [2.45, 2.75) is 34.2 Å². The fraction of sp³-hybridized carbons (Fsp3) is 0.621. The van der Waals surface area contributed by atoms with E-state index in [9.17, 15) is 19.2 Å². The summed E-state index contributed by atoms with van der Waals surface area (Å²) in [7, 11) is 3.27. The van der Waals surface area contributed by atoms with Gasteiger partial charge in [-0.15, -0.1) is 0 Å². The Bertz CT molecular complexity index is 2150. The van der Waals surface area contributed by atoms with Gasteiger partial charge >= 0.3 is 24.2 Å². The molecular weight excluding hydrogens is 1100 g/mol. The molecule has 0 unspecified atom stereocenters. The molecule has 476 valence electrons. The van der Waals surface area contributed by atoms with Gasteiger partial charge in [-0.2, -0.15) is 0 Å². The van der Waals surface area contributed by atoms with Crippen LogP contribution >= 0.6 is 0 Å². The first-order valence-corrected chi connectivity index (χ1v) is 28.2. The molecule has 3 aromatic carbocycles. The molecule has 0 saturated carbocycles. The fourth-order valence-corrected chi connectivity index (χ4v) is 6.55. The SMILES string of the molecule is CCNC(=O)Nc1cc(NC(=O)OCCOCCOCCOCCOCCOCCOCCOC)ccc1C.COCCOCCOCCOCCOCCOCCOCCOC(=O)Nc1ccc(C)c(NC(=O)NCc2cccc(C)c2)c1. The van der Waals surface area contributed by atoms with Crippen molar-refractivity contribution in [3.63, 3.8) is 0 Å². The third-order valence-electron chi connectivity index (χ3n) is 10.8. The van der Waals surface area contributed by atoms with Crippen LogP contribution < -0.4 is 31.9 Å². The van der Waals surface area contributed by atoms with Gasteiger partial charge < -0.3 is 97.1 Å². The highest BCUT2D eigenvalue weighted by Crippen LogP contribution is 2.22. The van der Waals surface area contributed by atoms with Gasteiger partial charge in [0.25, 0.3) is 0 Å². The van der Waals surface area contributed by atoms with Crippen LogP contribution in [0.5, 0.6) is 0 Å². The van der Waals surface area contributed by atoms with Crippen molar-refractivity contribution in [2.75, 3.05) is 227 Å². The van der Waals surface area contributed by atoms with Gasteiger partial charge in [-0.05, 0) is 68.7 Å². The lowest BCUT2D eigenvalue weighted by atomic mass is 10.1. The summed E-state index contributed by atoms with van der Waals surface area (Å²) in [5, 5.41) is 16.3. The highest BCUT2D eigenvalue weighted by Gasteiger charge is 2.11. The summed E-state index contributed by atoms with van der Waals surface area (Å²) in [5.74, 6) is 0. The zero-order valence-electron chi connectivity index (χ0n) is 50.2. The van der Waals surface area contributed by atoms with Gasteiger partial charge in [-0.3, -0.25) is 10.6 Å². The number of benzene rings is 3. The third-order valence-corrected chi connectivity index (χ3v) is 10.8. The third kappa shape index (κ3) is 42.9. The lowest BCUT2D eigenvalue weighted by Gasteiger charge is -2.13. The topological polar surface area (TPSA) is 288 Å². The van der Waals surface area contributed by atoms with Crippen LogP contribution in [0.1, 0.15) is 29.2 Å². The van der Waals surface area contributed by atoms with Gasteiger partial charge in [0.1, 0.15) is 13.2 Å². The Morgan fingerprint density at radius 1 is 0.357 bits per heavy atom. The lowest BCUT2D eigenvalue weighted by Crippen LogP contribution is -2.28. The Labute approximate surface area is 495 Å². The maximum Gasteiger partial charge on any atom is 0.411 e. The van der Waals surface area contributed by atoms with Gasteiger partial charge in [0.2, 0.25) is 0 Å². The van der Waals surface area contributed by atoms with Gasteiger partial charge in [-0.25, -0.2) is 19.2 Å². The Hall–Kier alpha value is -5.82. The molecule has 0 heterocycles. The van der Waals surface area contributed by atoms with Crippen molar-refractivity contribution < 1.29 is 95.0 Å². The van der Waals surface area contributed by atoms with Crippen LogP contribution in [0.25, 0.3) is 0 Å². The number of amides is 6. The Morgan fingerprint density at radius 3 is 0.976 bits per heavy atom. The number of aryl methyl sites for hydroxylation is 3. The summed E-state index contributed by atoms with van der Waals surface area (Å²) < 4.78 is 84.8. The zero-order valence-corrected chi connectivity index (χ0v) is 50.2. The normalized spacial score (nSPS) is 10.9. The number of methoxy groups -OCH3 is 2. The van der Waals surface area contributed by atoms with Crippen LogP contribution in [-0.4, -0.2) is 230 Å². The summed E-state index contributed by atoms with van der Waals surface area (Å²) in [6.45, 7) is 20.9. The lowest BCUT2D eigenvalue weighted by molar-refractivity contribution is -0.0204. The van der Waals surface area contributed by atoms with Crippen LogP contribution in [0.3, 0.4) is 0 Å². The van der Waals surface area contributed by atoms with E-state index in [1.165, 1.54) is 0 Å². The van der Waals surface area contributed by atoms with Crippen LogP contribution in [0.2, 0.25) is 0 Å². The number of hydrogen-bond acceptors (Lipinski definition) is 20. The molecule has 84 heavy (non-hydrogen) atoms. The number of urea groups is 2. The number of rotatable bonds is 49. The molecule has 3 aromatic rings. The average molecular weight is 1200 g/mol. The molecule has 0 radical (unpaired) electrons. The molecule has 0 fully saturated rings. The molecular formula is C58H94N6O20. The predicted octanol–water partition coefficient (Wildman–Crippen LogP) is 6.35. The number of carbonyl (C=O) groups is 4. The number of ether oxygens (including phenoxy) is 16. The first kappa shape index (κ1) is 74.3. The van der Waals surface area contributed by atoms with Crippen molar-refractivity contribution in [2.24, 2.45) is 0 Å². The van der Waals surface area contributed by atoms with Gasteiger partial charge in [0.15, 0.2) is 0 Å². The van der Waals surface area contributed by atoms with E-state index in [0.717, 1.165) is 22.3 Å². The van der Waals surface area contributed by atoms with Gasteiger partial charge in [0.05, 0.1) is 172 Å². The number of anilines is 4. The first-order valence-electron chi connectivity index (χ1n) is 28.2. The molecule has 0 aromatic heterocycles. The van der Waals surface area contributed by atoms with E-state index < -0.39 is 12.2 Å². The predicted molar refractivity (Wildman–Crippen MR) is 316 cm³/mol. The summed E-state index contributed by atoms with van der Waals surface area (Å²) in [4.78, 5) is 48.3. The van der Waals surface area contributed by atoms with Crippen LogP contribution in [-0.2, 0) is 82.3 Å². The smallest absolute Gasteiger partial charge is 0.411 e. The van der Waals surface area contributed by atoms with E-state index in [2.05, 4.69) is 31.9 Å². The van der Waals surface area contributed by atoms with E-state index in [0.29, 0.717) is 194 Å². The van der Waals surface area contributed by atoms with Crippen molar-refractivity contribution in [3.8, 4) is 0 Å². The number of carbonyl (C=O) groups excluding carboxylic acids is 4. The van der Waals surface area contributed by atoms with Crippen molar-refractivity contribution in [1.29, 1.82) is 0 Å². The molecule has 6 N–H and O–H groups in total. The van der Waals surface area contributed by atoms with Gasteiger partial charge in [0, 0.05) is 50.1 Å². The molecule has 0 aliphatic carbocycles. The van der Waals surface area contributed by atoms with Crippen molar-refractivity contribution in [3.05, 3.63) is 82.9 Å². The molecule has 0 bridgehead atoms. The fourth-order valence-electron chi connectivity index (χ4n) is 6.55. The molecule has 0 atom stereocenters. The van der Waals surface area contributed by atoms with Crippen LogP contribution in [0.15, 0.2) is 60.7 Å². The second-order valence-electron chi connectivity index (χ2n) is 17.7. The number of nitrogens with one attached hydrogen (secondary N) is 6. The monoisotopic (exact) mass is 1190 g/mol. The minimum Gasteiger partial charge on any atom is -0.447 e. The van der Waals surface area contributed by atoms with Crippen LogP contribution in [0, 0.1) is 20.8 Å². The Morgan fingerprint density at radius 2 is 0.667 bits per heavy atom. The minimum atomic E-state index is -0.620. The molecule has 6 amide bonds. The molecule has 0 aliphatic rings. The second kappa shape index (κ2) is 52.7.